The fraction of sp³-hybridized carbons (Fsp3) is 0.571. The molecule has 1 aromatic carbocycles. The van der Waals surface area contributed by atoms with Crippen LogP contribution in [0.2, 0.25) is 0 Å². The van der Waals surface area contributed by atoms with Gasteiger partial charge in [0.2, 0.25) is 0 Å². The highest BCUT2D eigenvalue weighted by Gasteiger charge is 2.25. The number of benzene rings is 1. The fourth-order valence-corrected chi connectivity index (χ4v) is 2.17. The Hall–Kier alpha value is -0.510. The third kappa shape index (κ3) is 3.03. The van der Waals surface area contributed by atoms with E-state index in [0.29, 0.717) is 13.1 Å². The van der Waals surface area contributed by atoms with Gasteiger partial charge < -0.3 is 11.5 Å². The Bertz CT molecular complexity index is 397. The summed E-state index contributed by atoms with van der Waals surface area (Å²) in [4.78, 5) is 0.997. The first-order valence-electron chi connectivity index (χ1n) is 5.99. The Balaban J connectivity index is 3.30. The Labute approximate surface area is 110 Å². The summed E-state index contributed by atoms with van der Waals surface area (Å²) in [6.07, 6.45) is 0. The van der Waals surface area contributed by atoms with Crippen molar-refractivity contribution in [2.45, 2.75) is 43.4 Å². The molecule has 0 unspecified atom stereocenters. The van der Waals surface area contributed by atoms with Crippen LogP contribution in [-0.2, 0) is 10.8 Å². The highest BCUT2D eigenvalue weighted by molar-refractivity contribution is 7.80. The molecule has 0 atom stereocenters. The number of hydrogen-bond acceptors (Lipinski definition) is 3. The molecular weight excluding hydrogens is 228 g/mol. The van der Waals surface area contributed by atoms with E-state index in [-0.39, 0.29) is 10.8 Å². The maximum atomic E-state index is 5.84. The van der Waals surface area contributed by atoms with Crippen molar-refractivity contribution in [3.63, 3.8) is 0 Å². The topological polar surface area (TPSA) is 52.0 Å². The maximum Gasteiger partial charge on any atom is 0.00781 e. The molecule has 0 spiro atoms. The van der Waals surface area contributed by atoms with Crippen LogP contribution in [0, 0.1) is 0 Å². The molecule has 0 aromatic heterocycles. The van der Waals surface area contributed by atoms with Gasteiger partial charge in [-0.1, -0.05) is 39.8 Å². The molecule has 4 N–H and O–H groups in total. The highest BCUT2D eigenvalue weighted by Crippen LogP contribution is 2.32. The number of thiol groups is 1. The zero-order valence-corrected chi connectivity index (χ0v) is 12.1. The average Bonchev–Trinajstić information content (AvgIpc) is 2.29. The van der Waals surface area contributed by atoms with Gasteiger partial charge in [0.15, 0.2) is 0 Å². The van der Waals surface area contributed by atoms with Gasteiger partial charge in [-0.05, 0) is 17.2 Å². The first kappa shape index (κ1) is 14.6. The maximum absolute atomic E-state index is 5.84. The second kappa shape index (κ2) is 5.01. The van der Waals surface area contributed by atoms with E-state index < -0.39 is 0 Å². The molecule has 0 radical (unpaired) electrons. The van der Waals surface area contributed by atoms with E-state index in [1.165, 1.54) is 11.1 Å². The van der Waals surface area contributed by atoms with Gasteiger partial charge >= 0.3 is 0 Å². The molecule has 17 heavy (non-hydrogen) atoms. The minimum Gasteiger partial charge on any atom is -0.330 e. The van der Waals surface area contributed by atoms with Crippen LogP contribution < -0.4 is 11.5 Å². The number of rotatable bonds is 4. The van der Waals surface area contributed by atoms with Gasteiger partial charge in [0.1, 0.15) is 0 Å². The summed E-state index contributed by atoms with van der Waals surface area (Å²) in [5, 5.41) is 0. The molecule has 0 fully saturated rings. The van der Waals surface area contributed by atoms with E-state index in [9.17, 15) is 0 Å². The summed E-state index contributed by atoms with van der Waals surface area (Å²) in [6, 6.07) is 6.34. The lowest BCUT2D eigenvalue weighted by Gasteiger charge is -2.29. The van der Waals surface area contributed by atoms with Crippen LogP contribution in [0.1, 0.15) is 38.8 Å². The third-order valence-electron chi connectivity index (χ3n) is 3.53. The van der Waals surface area contributed by atoms with E-state index >= 15 is 0 Å². The Morgan fingerprint density at radius 2 is 1.53 bits per heavy atom. The van der Waals surface area contributed by atoms with Crippen LogP contribution in [0.3, 0.4) is 0 Å². The zero-order valence-electron chi connectivity index (χ0n) is 11.2. The lowest BCUT2D eigenvalue weighted by Crippen LogP contribution is -2.31. The van der Waals surface area contributed by atoms with Crippen molar-refractivity contribution in [3.8, 4) is 0 Å². The van der Waals surface area contributed by atoms with E-state index in [1.807, 2.05) is 6.07 Å². The quantitative estimate of drug-likeness (QED) is 0.721. The summed E-state index contributed by atoms with van der Waals surface area (Å²) >= 11 is 4.53. The molecule has 2 nitrogen and oxygen atoms in total. The van der Waals surface area contributed by atoms with Crippen LogP contribution >= 0.6 is 12.6 Å². The summed E-state index contributed by atoms with van der Waals surface area (Å²) in [5.74, 6) is 0. The SMILES string of the molecule is CC(C)(CN)c1ccc(S)c(C(C)(C)CN)c1. The van der Waals surface area contributed by atoms with Gasteiger partial charge in [-0.2, -0.15) is 0 Å². The van der Waals surface area contributed by atoms with Crippen molar-refractivity contribution in [3.05, 3.63) is 29.3 Å². The normalized spacial score (nSPS) is 12.9. The van der Waals surface area contributed by atoms with E-state index in [4.69, 9.17) is 11.5 Å². The highest BCUT2D eigenvalue weighted by atomic mass is 32.1. The minimum atomic E-state index is -0.0578. The second-order valence-corrected chi connectivity index (χ2v) is 6.39. The van der Waals surface area contributed by atoms with Crippen molar-refractivity contribution in [1.29, 1.82) is 0 Å². The summed E-state index contributed by atoms with van der Waals surface area (Å²) in [7, 11) is 0. The molecule has 0 saturated carbocycles. The predicted octanol–water partition coefficient (Wildman–Crippen LogP) is 2.45. The molecule has 0 heterocycles. The number of hydrogen-bond donors (Lipinski definition) is 3. The fourth-order valence-electron chi connectivity index (χ4n) is 1.73. The summed E-state index contributed by atoms with van der Waals surface area (Å²) in [5.41, 5.74) is 14.0. The van der Waals surface area contributed by atoms with E-state index in [2.05, 4.69) is 52.5 Å². The van der Waals surface area contributed by atoms with Crippen molar-refractivity contribution in [2.75, 3.05) is 13.1 Å². The van der Waals surface area contributed by atoms with Crippen LogP contribution in [0.5, 0.6) is 0 Å². The second-order valence-electron chi connectivity index (χ2n) is 5.91. The predicted molar refractivity (Wildman–Crippen MR) is 77.9 cm³/mol. The molecule has 96 valence electrons. The first-order chi connectivity index (χ1) is 7.74. The van der Waals surface area contributed by atoms with E-state index in [0.717, 1.165) is 4.90 Å². The number of nitrogens with two attached hydrogens (primary N) is 2. The van der Waals surface area contributed by atoms with Gasteiger partial charge in [0, 0.05) is 28.8 Å². The van der Waals surface area contributed by atoms with Crippen molar-refractivity contribution in [2.24, 2.45) is 11.5 Å². The molecule has 0 aliphatic heterocycles. The lowest BCUT2D eigenvalue weighted by atomic mass is 9.79. The molecule has 1 aromatic rings. The monoisotopic (exact) mass is 252 g/mol. The first-order valence-corrected chi connectivity index (χ1v) is 6.43. The Morgan fingerprint density at radius 3 is 2.00 bits per heavy atom. The molecule has 0 aliphatic carbocycles. The molecule has 3 heteroatoms. The van der Waals surface area contributed by atoms with Crippen molar-refractivity contribution in [1.82, 2.24) is 0 Å². The molecule has 0 bridgehead atoms. The average molecular weight is 252 g/mol. The summed E-state index contributed by atoms with van der Waals surface area (Å²) < 4.78 is 0. The van der Waals surface area contributed by atoms with Gasteiger partial charge in [-0.15, -0.1) is 12.6 Å². The zero-order chi connectivity index (χ0) is 13.3. The molecular formula is C14H24N2S. The third-order valence-corrected chi connectivity index (χ3v) is 3.92. The smallest absolute Gasteiger partial charge is 0.00781 e. The molecule has 0 aliphatic rings. The van der Waals surface area contributed by atoms with Crippen LogP contribution in [-0.4, -0.2) is 13.1 Å². The van der Waals surface area contributed by atoms with Gasteiger partial charge in [-0.3, -0.25) is 0 Å². The molecule has 0 saturated heterocycles. The molecule has 1 rings (SSSR count). The lowest BCUT2D eigenvalue weighted by molar-refractivity contribution is 0.513. The van der Waals surface area contributed by atoms with Crippen molar-refractivity contribution >= 4 is 12.6 Å². The molecule has 0 amide bonds. The van der Waals surface area contributed by atoms with Gasteiger partial charge in [0.05, 0.1) is 0 Å². The van der Waals surface area contributed by atoms with Crippen LogP contribution in [0.4, 0.5) is 0 Å². The Kier molecular flexibility index (Phi) is 4.28. The largest absolute Gasteiger partial charge is 0.330 e. The van der Waals surface area contributed by atoms with Gasteiger partial charge in [-0.25, -0.2) is 0 Å². The van der Waals surface area contributed by atoms with Crippen LogP contribution in [0.15, 0.2) is 23.1 Å². The summed E-state index contributed by atoms with van der Waals surface area (Å²) in [6.45, 7) is 9.82. The van der Waals surface area contributed by atoms with Crippen molar-refractivity contribution < 1.29 is 0 Å². The standard InChI is InChI=1S/C14H24N2S/c1-13(2,8-15)10-5-6-12(17)11(7-10)14(3,4)9-16/h5-7,17H,8-9,15-16H2,1-4H3. The van der Waals surface area contributed by atoms with E-state index in [1.54, 1.807) is 0 Å². The Morgan fingerprint density at radius 1 is 1.00 bits per heavy atom. The van der Waals surface area contributed by atoms with Crippen LogP contribution in [0.25, 0.3) is 0 Å². The van der Waals surface area contributed by atoms with Gasteiger partial charge in [0.25, 0.3) is 0 Å². The minimum absolute atomic E-state index is 0.0130.